The van der Waals surface area contributed by atoms with E-state index in [9.17, 15) is 5.11 Å². The van der Waals surface area contributed by atoms with Crippen molar-refractivity contribution in [1.82, 2.24) is 0 Å². The second kappa shape index (κ2) is 3.09. The van der Waals surface area contributed by atoms with Crippen LogP contribution >= 0.6 is 0 Å². The average molecular weight is 205 g/mol. The van der Waals surface area contributed by atoms with E-state index in [0.29, 0.717) is 0 Å². The fourth-order valence-corrected chi connectivity index (χ4v) is 3.37. The van der Waals surface area contributed by atoms with Crippen LogP contribution in [-0.2, 0) is 0 Å². The molecule has 0 amide bonds. The molecule has 0 aromatic rings. The third-order valence-corrected chi connectivity index (χ3v) is 4.39. The van der Waals surface area contributed by atoms with Gasteiger partial charge in [-0.1, -0.05) is 19.9 Å². The number of hydrogen-bond donors (Lipinski definition) is 1. The number of allylic oxidation sites excluding steroid dienone is 1. The SMILES string of the molecule is [C-]#[N+][C@]12CCCC[C@@]1(O)C=CCC2(C)C. The summed E-state index contributed by atoms with van der Waals surface area (Å²) in [5, 5.41) is 10.7. The highest BCUT2D eigenvalue weighted by molar-refractivity contribution is 5.31. The van der Waals surface area contributed by atoms with E-state index >= 15 is 0 Å². The molecule has 0 heterocycles. The van der Waals surface area contributed by atoms with E-state index in [1.165, 1.54) is 0 Å². The van der Waals surface area contributed by atoms with Crippen LogP contribution in [0.15, 0.2) is 12.2 Å². The molecule has 2 rings (SSSR count). The Balaban J connectivity index is 2.55. The van der Waals surface area contributed by atoms with Crippen molar-refractivity contribution in [1.29, 1.82) is 0 Å². The van der Waals surface area contributed by atoms with Crippen molar-refractivity contribution in [3.63, 3.8) is 0 Å². The third kappa shape index (κ3) is 1.19. The quantitative estimate of drug-likeness (QED) is 0.477. The van der Waals surface area contributed by atoms with E-state index in [0.717, 1.165) is 32.1 Å². The Morgan fingerprint density at radius 1 is 1.27 bits per heavy atom. The molecule has 82 valence electrons. The lowest BCUT2D eigenvalue weighted by Gasteiger charge is -2.50. The zero-order valence-electron chi connectivity index (χ0n) is 9.58. The average Bonchev–Trinajstić information content (AvgIpc) is 2.17. The van der Waals surface area contributed by atoms with Crippen molar-refractivity contribution >= 4 is 0 Å². The molecular formula is C13H19NO. The third-order valence-electron chi connectivity index (χ3n) is 4.39. The van der Waals surface area contributed by atoms with Gasteiger partial charge in [0, 0.05) is 11.8 Å². The molecule has 0 radical (unpaired) electrons. The molecule has 2 atom stereocenters. The molecule has 1 N–H and O–H groups in total. The fraction of sp³-hybridized carbons (Fsp3) is 0.769. The minimum atomic E-state index is -0.880. The van der Waals surface area contributed by atoms with Gasteiger partial charge in [-0.05, 0) is 31.8 Å². The number of hydrogen-bond acceptors (Lipinski definition) is 1. The van der Waals surface area contributed by atoms with Gasteiger partial charge in [0.2, 0.25) is 0 Å². The number of rotatable bonds is 0. The first kappa shape index (κ1) is 10.7. The second-order valence-corrected chi connectivity index (χ2v) is 5.59. The molecule has 0 unspecified atom stereocenters. The van der Waals surface area contributed by atoms with Gasteiger partial charge in [0.25, 0.3) is 5.54 Å². The van der Waals surface area contributed by atoms with Gasteiger partial charge in [-0.3, -0.25) is 0 Å². The van der Waals surface area contributed by atoms with E-state index in [2.05, 4.69) is 24.8 Å². The number of fused-ring (bicyclic) bond motifs is 1. The minimum absolute atomic E-state index is 0.112. The lowest BCUT2D eigenvalue weighted by Crippen LogP contribution is -2.62. The van der Waals surface area contributed by atoms with E-state index in [1.54, 1.807) is 0 Å². The molecule has 0 aromatic heterocycles. The summed E-state index contributed by atoms with van der Waals surface area (Å²) in [4.78, 5) is 3.87. The largest absolute Gasteiger partial charge is 0.377 e. The van der Waals surface area contributed by atoms with Crippen LogP contribution in [-0.4, -0.2) is 16.2 Å². The topological polar surface area (TPSA) is 24.6 Å². The molecule has 2 aliphatic rings. The Morgan fingerprint density at radius 2 is 1.93 bits per heavy atom. The molecule has 0 aromatic carbocycles. The Morgan fingerprint density at radius 3 is 2.53 bits per heavy atom. The van der Waals surface area contributed by atoms with Crippen molar-refractivity contribution in [2.24, 2.45) is 5.41 Å². The normalized spacial score (nSPS) is 43.1. The first-order chi connectivity index (χ1) is 6.97. The molecule has 0 spiro atoms. The highest BCUT2D eigenvalue weighted by Gasteiger charge is 2.66. The van der Waals surface area contributed by atoms with E-state index in [4.69, 9.17) is 6.57 Å². The number of aliphatic hydroxyl groups is 1. The maximum atomic E-state index is 10.7. The Hall–Kier alpha value is -0.810. The fourth-order valence-electron chi connectivity index (χ4n) is 3.37. The van der Waals surface area contributed by atoms with E-state index in [-0.39, 0.29) is 5.41 Å². The summed E-state index contributed by atoms with van der Waals surface area (Å²) in [6, 6.07) is 0. The van der Waals surface area contributed by atoms with Crippen molar-refractivity contribution in [2.75, 3.05) is 0 Å². The van der Waals surface area contributed by atoms with Crippen molar-refractivity contribution in [3.8, 4) is 0 Å². The van der Waals surface area contributed by atoms with Crippen LogP contribution in [0.2, 0.25) is 0 Å². The molecule has 1 fully saturated rings. The number of nitrogens with zero attached hydrogens (tertiary/aromatic N) is 1. The van der Waals surface area contributed by atoms with Crippen LogP contribution in [0.4, 0.5) is 0 Å². The molecule has 0 saturated heterocycles. The zero-order valence-corrected chi connectivity index (χ0v) is 9.58. The van der Waals surface area contributed by atoms with Crippen LogP contribution in [0.3, 0.4) is 0 Å². The summed E-state index contributed by atoms with van der Waals surface area (Å²) in [5.41, 5.74) is -1.58. The van der Waals surface area contributed by atoms with Crippen molar-refractivity contribution in [2.45, 2.75) is 57.1 Å². The first-order valence-corrected chi connectivity index (χ1v) is 5.76. The van der Waals surface area contributed by atoms with Gasteiger partial charge in [0.1, 0.15) is 0 Å². The van der Waals surface area contributed by atoms with Crippen LogP contribution in [0.5, 0.6) is 0 Å². The lowest BCUT2D eigenvalue weighted by molar-refractivity contribution is -0.0654. The maximum Gasteiger partial charge on any atom is 0.269 e. The van der Waals surface area contributed by atoms with Crippen LogP contribution in [0.25, 0.3) is 4.85 Å². The van der Waals surface area contributed by atoms with Crippen LogP contribution in [0.1, 0.15) is 46.0 Å². The molecule has 0 bridgehead atoms. The van der Waals surface area contributed by atoms with Crippen molar-refractivity contribution < 1.29 is 5.11 Å². The molecule has 2 aliphatic carbocycles. The van der Waals surface area contributed by atoms with E-state index < -0.39 is 11.1 Å². The summed E-state index contributed by atoms with van der Waals surface area (Å²) in [6.45, 7) is 11.8. The minimum Gasteiger partial charge on any atom is -0.377 e. The van der Waals surface area contributed by atoms with Crippen LogP contribution in [0, 0.1) is 12.0 Å². The Bertz CT molecular complexity index is 339. The van der Waals surface area contributed by atoms with Gasteiger partial charge < -0.3 is 9.95 Å². The first-order valence-electron chi connectivity index (χ1n) is 5.76. The van der Waals surface area contributed by atoms with Gasteiger partial charge in [0.15, 0.2) is 5.60 Å². The second-order valence-electron chi connectivity index (χ2n) is 5.59. The molecule has 0 aliphatic heterocycles. The van der Waals surface area contributed by atoms with Crippen LogP contribution < -0.4 is 0 Å². The van der Waals surface area contributed by atoms with Crippen molar-refractivity contribution in [3.05, 3.63) is 23.6 Å². The summed E-state index contributed by atoms with van der Waals surface area (Å²) in [6.07, 6.45) is 8.53. The molecule has 1 saturated carbocycles. The predicted molar refractivity (Wildman–Crippen MR) is 60.3 cm³/mol. The highest BCUT2D eigenvalue weighted by atomic mass is 16.3. The molecule has 2 heteroatoms. The van der Waals surface area contributed by atoms with Gasteiger partial charge in [0.05, 0.1) is 0 Å². The molecule has 15 heavy (non-hydrogen) atoms. The standard InChI is InChI=1S/C13H19NO/c1-11(2)7-6-9-12(15)8-4-5-10-13(11,12)14-3/h6,9,15H,4-5,7-8,10H2,1-2H3/t12-,13+/m1/s1. The Labute approximate surface area is 91.8 Å². The smallest absolute Gasteiger partial charge is 0.269 e. The van der Waals surface area contributed by atoms with Gasteiger partial charge >= 0.3 is 0 Å². The summed E-state index contributed by atoms with van der Waals surface area (Å²) in [5.74, 6) is 0. The molecular weight excluding hydrogens is 186 g/mol. The van der Waals surface area contributed by atoms with Gasteiger partial charge in [-0.2, -0.15) is 0 Å². The van der Waals surface area contributed by atoms with E-state index in [1.807, 2.05) is 6.08 Å². The summed E-state index contributed by atoms with van der Waals surface area (Å²) < 4.78 is 0. The molecule has 2 nitrogen and oxygen atoms in total. The highest BCUT2D eigenvalue weighted by Crippen LogP contribution is 2.55. The maximum absolute atomic E-state index is 10.7. The zero-order chi connectivity index (χ0) is 11.2. The Kier molecular flexibility index (Phi) is 2.20. The van der Waals surface area contributed by atoms with Gasteiger partial charge in [-0.15, -0.1) is 0 Å². The lowest BCUT2D eigenvalue weighted by atomic mass is 9.54. The monoisotopic (exact) mass is 205 g/mol. The summed E-state index contributed by atoms with van der Waals surface area (Å²) >= 11 is 0. The van der Waals surface area contributed by atoms with Gasteiger partial charge in [-0.25, -0.2) is 6.57 Å². The summed E-state index contributed by atoms with van der Waals surface area (Å²) in [7, 11) is 0. The predicted octanol–water partition coefficient (Wildman–Crippen LogP) is 2.94.